The Bertz CT molecular complexity index is 867. The number of hydrogen-bond donors (Lipinski definition) is 2. The van der Waals surface area contributed by atoms with Gasteiger partial charge in [-0.15, -0.1) is 0 Å². The van der Waals surface area contributed by atoms with E-state index >= 15 is 0 Å². The summed E-state index contributed by atoms with van der Waals surface area (Å²) in [6.45, 7) is 6.19. The Morgan fingerprint density at radius 1 is 1.04 bits per heavy atom. The molecule has 2 aromatic carbocycles. The lowest BCUT2D eigenvalue weighted by Gasteiger charge is -2.10. The number of nitrogens with zero attached hydrogens (tertiary/aromatic N) is 1. The van der Waals surface area contributed by atoms with E-state index in [-0.39, 0.29) is 5.75 Å². The van der Waals surface area contributed by atoms with Crippen molar-refractivity contribution in [3.8, 4) is 34.3 Å². The molecule has 0 amide bonds. The first-order valence-corrected chi connectivity index (χ1v) is 8.19. The van der Waals surface area contributed by atoms with Crippen LogP contribution in [0.5, 0.6) is 23.0 Å². The average molecular weight is 338 g/mol. The number of nitrogens with one attached hydrogen (secondary N) is 1. The van der Waals surface area contributed by atoms with Gasteiger partial charge in [-0.2, -0.15) is 5.10 Å². The standard InChI is InChI=1S/C20H22N2O3/c1-12(2)14-5-7-15(8-6-14)25-20-13(3)21-22-19(20)17-10-9-16(24-4)11-18(17)23/h5-12,23H,1-4H3,(H,21,22). The molecule has 0 bridgehead atoms. The quantitative estimate of drug-likeness (QED) is 0.686. The summed E-state index contributed by atoms with van der Waals surface area (Å²) in [7, 11) is 1.56. The van der Waals surface area contributed by atoms with Crippen LogP contribution in [0.25, 0.3) is 11.3 Å². The van der Waals surface area contributed by atoms with Gasteiger partial charge in [0, 0.05) is 11.6 Å². The summed E-state index contributed by atoms with van der Waals surface area (Å²) in [5.74, 6) is 2.46. The van der Waals surface area contributed by atoms with E-state index < -0.39 is 0 Å². The molecule has 0 atom stereocenters. The number of aryl methyl sites for hydroxylation is 1. The van der Waals surface area contributed by atoms with Crippen LogP contribution in [0.4, 0.5) is 0 Å². The van der Waals surface area contributed by atoms with Crippen molar-refractivity contribution in [2.24, 2.45) is 0 Å². The third-order valence-corrected chi connectivity index (χ3v) is 4.12. The molecule has 3 aromatic rings. The van der Waals surface area contributed by atoms with Crippen LogP contribution in [-0.4, -0.2) is 22.4 Å². The van der Waals surface area contributed by atoms with Gasteiger partial charge in [-0.3, -0.25) is 5.10 Å². The highest BCUT2D eigenvalue weighted by molar-refractivity contribution is 5.74. The number of aromatic amines is 1. The van der Waals surface area contributed by atoms with E-state index in [9.17, 15) is 5.11 Å². The first-order chi connectivity index (χ1) is 12.0. The molecule has 130 valence electrons. The summed E-state index contributed by atoms with van der Waals surface area (Å²) < 4.78 is 11.2. The fourth-order valence-corrected chi connectivity index (χ4v) is 2.60. The van der Waals surface area contributed by atoms with Crippen LogP contribution in [0.15, 0.2) is 42.5 Å². The summed E-state index contributed by atoms with van der Waals surface area (Å²) in [5.41, 5.74) is 3.19. The molecule has 0 aliphatic heterocycles. The number of ether oxygens (including phenoxy) is 2. The molecule has 3 rings (SSSR count). The van der Waals surface area contributed by atoms with Gasteiger partial charge in [-0.05, 0) is 42.7 Å². The molecule has 0 fully saturated rings. The lowest BCUT2D eigenvalue weighted by molar-refractivity contribution is 0.408. The van der Waals surface area contributed by atoms with Gasteiger partial charge >= 0.3 is 0 Å². The predicted molar refractivity (Wildman–Crippen MR) is 97.6 cm³/mol. The minimum absolute atomic E-state index is 0.0888. The average Bonchev–Trinajstić information content (AvgIpc) is 2.96. The summed E-state index contributed by atoms with van der Waals surface area (Å²) in [6.07, 6.45) is 0. The van der Waals surface area contributed by atoms with Gasteiger partial charge in [0.25, 0.3) is 0 Å². The number of benzene rings is 2. The zero-order valence-corrected chi connectivity index (χ0v) is 14.8. The lowest BCUT2D eigenvalue weighted by atomic mass is 10.0. The number of phenols is 1. The van der Waals surface area contributed by atoms with Crippen LogP contribution >= 0.6 is 0 Å². The maximum absolute atomic E-state index is 10.3. The molecule has 0 saturated carbocycles. The van der Waals surface area contributed by atoms with Gasteiger partial charge in [0.05, 0.1) is 12.8 Å². The highest BCUT2D eigenvalue weighted by atomic mass is 16.5. The van der Waals surface area contributed by atoms with Crippen LogP contribution in [0, 0.1) is 6.92 Å². The summed E-state index contributed by atoms with van der Waals surface area (Å²) in [5, 5.41) is 17.5. The third-order valence-electron chi connectivity index (χ3n) is 4.12. The zero-order chi connectivity index (χ0) is 18.0. The minimum Gasteiger partial charge on any atom is -0.507 e. The molecule has 0 aliphatic carbocycles. The molecular weight excluding hydrogens is 316 g/mol. The first-order valence-electron chi connectivity index (χ1n) is 8.19. The van der Waals surface area contributed by atoms with Gasteiger partial charge in [-0.25, -0.2) is 0 Å². The Labute approximate surface area is 147 Å². The van der Waals surface area contributed by atoms with Crippen molar-refractivity contribution in [3.05, 3.63) is 53.7 Å². The number of H-pyrrole nitrogens is 1. The van der Waals surface area contributed by atoms with Crippen molar-refractivity contribution < 1.29 is 14.6 Å². The molecule has 0 aliphatic rings. The molecular formula is C20H22N2O3. The molecule has 2 N–H and O–H groups in total. The smallest absolute Gasteiger partial charge is 0.176 e. The maximum atomic E-state index is 10.3. The molecule has 5 heteroatoms. The van der Waals surface area contributed by atoms with Crippen LogP contribution in [0.2, 0.25) is 0 Å². The second-order valence-corrected chi connectivity index (χ2v) is 6.24. The van der Waals surface area contributed by atoms with Crippen molar-refractivity contribution in [2.75, 3.05) is 7.11 Å². The maximum Gasteiger partial charge on any atom is 0.176 e. The Kier molecular flexibility index (Phi) is 4.65. The zero-order valence-electron chi connectivity index (χ0n) is 14.8. The van der Waals surface area contributed by atoms with Crippen LogP contribution in [0.3, 0.4) is 0 Å². The SMILES string of the molecule is COc1ccc(-c2n[nH]c(C)c2Oc2ccc(C(C)C)cc2)c(O)c1. The monoisotopic (exact) mass is 338 g/mol. The molecule has 0 radical (unpaired) electrons. The normalized spacial score (nSPS) is 10.9. The predicted octanol–water partition coefficient (Wildman–Crippen LogP) is 5.02. The van der Waals surface area contributed by atoms with E-state index in [0.29, 0.717) is 28.7 Å². The Hall–Kier alpha value is -2.95. The number of phenolic OH excluding ortho intramolecular Hbond substituents is 1. The van der Waals surface area contributed by atoms with Gasteiger partial charge in [0.1, 0.15) is 22.9 Å². The topological polar surface area (TPSA) is 67.4 Å². The number of hydrogen-bond acceptors (Lipinski definition) is 4. The van der Waals surface area contributed by atoms with Crippen LogP contribution in [-0.2, 0) is 0 Å². The highest BCUT2D eigenvalue weighted by Gasteiger charge is 2.18. The highest BCUT2D eigenvalue weighted by Crippen LogP contribution is 2.39. The summed E-state index contributed by atoms with van der Waals surface area (Å²) >= 11 is 0. The largest absolute Gasteiger partial charge is 0.507 e. The fraction of sp³-hybridized carbons (Fsp3) is 0.250. The molecule has 0 spiro atoms. The molecule has 5 nitrogen and oxygen atoms in total. The van der Waals surface area contributed by atoms with Crippen molar-refractivity contribution in [2.45, 2.75) is 26.7 Å². The van der Waals surface area contributed by atoms with E-state index in [4.69, 9.17) is 9.47 Å². The fourth-order valence-electron chi connectivity index (χ4n) is 2.60. The Morgan fingerprint density at radius 2 is 1.72 bits per heavy atom. The first kappa shape index (κ1) is 16.9. The Morgan fingerprint density at radius 3 is 2.32 bits per heavy atom. The minimum atomic E-state index is 0.0888. The number of rotatable bonds is 5. The van der Waals surface area contributed by atoms with Gasteiger partial charge in [-0.1, -0.05) is 26.0 Å². The molecule has 0 saturated heterocycles. The van der Waals surface area contributed by atoms with Crippen molar-refractivity contribution in [3.63, 3.8) is 0 Å². The van der Waals surface area contributed by atoms with Gasteiger partial charge in [0.15, 0.2) is 5.75 Å². The number of aromatic nitrogens is 2. The van der Waals surface area contributed by atoms with E-state index in [1.807, 2.05) is 19.1 Å². The van der Waals surface area contributed by atoms with E-state index in [0.717, 1.165) is 11.4 Å². The van der Waals surface area contributed by atoms with Crippen LogP contribution in [0.1, 0.15) is 31.0 Å². The summed E-state index contributed by atoms with van der Waals surface area (Å²) in [6, 6.07) is 13.1. The van der Waals surface area contributed by atoms with Crippen molar-refractivity contribution in [1.82, 2.24) is 10.2 Å². The Balaban J connectivity index is 1.94. The summed E-state index contributed by atoms with van der Waals surface area (Å²) in [4.78, 5) is 0. The number of aromatic hydroxyl groups is 1. The molecule has 25 heavy (non-hydrogen) atoms. The van der Waals surface area contributed by atoms with Gasteiger partial charge < -0.3 is 14.6 Å². The molecule has 1 aromatic heterocycles. The van der Waals surface area contributed by atoms with Gasteiger partial charge in [0.2, 0.25) is 0 Å². The molecule has 1 heterocycles. The van der Waals surface area contributed by atoms with E-state index in [2.05, 4.69) is 36.2 Å². The van der Waals surface area contributed by atoms with Crippen molar-refractivity contribution >= 4 is 0 Å². The lowest BCUT2D eigenvalue weighted by Crippen LogP contribution is -1.91. The number of methoxy groups -OCH3 is 1. The van der Waals surface area contributed by atoms with Crippen LogP contribution < -0.4 is 9.47 Å². The van der Waals surface area contributed by atoms with E-state index in [1.54, 1.807) is 25.3 Å². The van der Waals surface area contributed by atoms with Crippen molar-refractivity contribution in [1.29, 1.82) is 0 Å². The second kappa shape index (κ2) is 6.89. The van der Waals surface area contributed by atoms with E-state index in [1.165, 1.54) is 5.56 Å². The molecule has 0 unspecified atom stereocenters. The second-order valence-electron chi connectivity index (χ2n) is 6.24. The third kappa shape index (κ3) is 3.45.